The molecule has 20 heavy (non-hydrogen) atoms. The van der Waals surface area contributed by atoms with Crippen LogP contribution in [0.15, 0.2) is 47.2 Å². The van der Waals surface area contributed by atoms with Gasteiger partial charge in [-0.25, -0.2) is 0 Å². The lowest BCUT2D eigenvalue weighted by molar-refractivity contribution is 0.0915. The van der Waals surface area contributed by atoms with Gasteiger partial charge in [-0.2, -0.15) is 0 Å². The number of aromatic nitrogens is 1. The number of carbonyl (C=O) groups is 1. The van der Waals surface area contributed by atoms with Gasteiger partial charge in [0.15, 0.2) is 5.78 Å². The summed E-state index contributed by atoms with van der Waals surface area (Å²) in [7, 11) is 0. The molecule has 1 aliphatic rings. The van der Waals surface area contributed by atoms with E-state index >= 15 is 0 Å². The number of rotatable bonds is 2. The minimum absolute atomic E-state index is 0.0785. The molecule has 0 radical (unpaired) electrons. The van der Waals surface area contributed by atoms with Gasteiger partial charge in [-0.15, -0.1) is 0 Å². The third-order valence-corrected chi connectivity index (χ3v) is 4.33. The van der Waals surface area contributed by atoms with Gasteiger partial charge in [-0.05, 0) is 58.8 Å². The van der Waals surface area contributed by atoms with Gasteiger partial charge in [-0.3, -0.25) is 9.78 Å². The van der Waals surface area contributed by atoms with Gasteiger partial charge in [0.1, 0.15) is 0 Å². The Balaban J connectivity index is 1.86. The number of carbonyl (C=O) groups excluding carboxylic acids is 1. The van der Waals surface area contributed by atoms with Crippen LogP contribution in [-0.4, -0.2) is 10.8 Å². The largest absolute Gasteiger partial charge is 0.294 e. The standard InChI is InChI=1S/C17H16BrNO/c18-15-9-12(10-19-11-15)8-14-6-3-5-13-4-1-2-7-16(13)17(14)20/h1-2,4,7,9-11,14H,3,5-6,8H2. The molecule has 0 aliphatic heterocycles. The van der Waals surface area contributed by atoms with Gasteiger partial charge < -0.3 is 0 Å². The number of ketones is 1. The van der Waals surface area contributed by atoms with E-state index in [1.54, 1.807) is 6.20 Å². The molecule has 2 nitrogen and oxygen atoms in total. The first-order valence-corrected chi connectivity index (χ1v) is 7.75. The van der Waals surface area contributed by atoms with E-state index in [-0.39, 0.29) is 11.7 Å². The minimum atomic E-state index is 0.0785. The Morgan fingerprint density at radius 3 is 2.95 bits per heavy atom. The predicted molar refractivity (Wildman–Crippen MR) is 82.8 cm³/mol. The fourth-order valence-corrected chi connectivity index (χ4v) is 3.33. The number of nitrogens with zero attached hydrogens (tertiary/aromatic N) is 1. The summed E-state index contributed by atoms with van der Waals surface area (Å²) < 4.78 is 0.969. The van der Waals surface area contributed by atoms with Gasteiger partial charge in [0.25, 0.3) is 0 Å². The Morgan fingerprint density at radius 2 is 2.10 bits per heavy atom. The molecule has 1 atom stereocenters. The van der Waals surface area contributed by atoms with Gasteiger partial charge >= 0.3 is 0 Å². The van der Waals surface area contributed by atoms with E-state index in [1.165, 1.54) is 5.56 Å². The molecule has 0 spiro atoms. The van der Waals surface area contributed by atoms with E-state index in [2.05, 4.69) is 33.0 Å². The SMILES string of the molecule is O=C1c2ccccc2CCCC1Cc1cncc(Br)c1. The van der Waals surface area contributed by atoms with Crippen LogP contribution in [0.5, 0.6) is 0 Å². The topological polar surface area (TPSA) is 30.0 Å². The first-order chi connectivity index (χ1) is 9.74. The maximum Gasteiger partial charge on any atom is 0.166 e. The molecule has 0 amide bonds. The number of hydrogen-bond donors (Lipinski definition) is 0. The van der Waals surface area contributed by atoms with Crippen LogP contribution >= 0.6 is 15.9 Å². The molecule has 3 heteroatoms. The van der Waals surface area contributed by atoms with Crippen LogP contribution in [0.2, 0.25) is 0 Å². The zero-order valence-corrected chi connectivity index (χ0v) is 12.8. The summed E-state index contributed by atoms with van der Waals surface area (Å²) in [5, 5.41) is 0. The lowest BCUT2D eigenvalue weighted by Gasteiger charge is -2.13. The molecule has 3 rings (SSSR count). The molecule has 1 aliphatic carbocycles. The van der Waals surface area contributed by atoms with E-state index in [0.29, 0.717) is 0 Å². The zero-order valence-electron chi connectivity index (χ0n) is 11.2. The van der Waals surface area contributed by atoms with Crippen LogP contribution in [0.4, 0.5) is 0 Å². The van der Waals surface area contributed by atoms with E-state index in [4.69, 9.17) is 0 Å². The van der Waals surface area contributed by atoms with Crippen molar-refractivity contribution in [2.45, 2.75) is 25.7 Å². The molecule has 2 aromatic rings. The smallest absolute Gasteiger partial charge is 0.166 e. The second kappa shape index (κ2) is 5.88. The van der Waals surface area contributed by atoms with Crippen LogP contribution in [0.1, 0.15) is 34.3 Å². The number of hydrogen-bond acceptors (Lipinski definition) is 2. The summed E-state index contributed by atoms with van der Waals surface area (Å²) in [4.78, 5) is 16.9. The molecule has 0 N–H and O–H groups in total. The molecule has 1 heterocycles. The maximum absolute atomic E-state index is 12.7. The van der Waals surface area contributed by atoms with Gasteiger partial charge in [0.2, 0.25) is 0 Å². The summed E-state index contributed by atoms with van der Waals surface area (Å²) >= 11 is 3.44. The summed E-state index contributed by atoms with van der Waals surface area (Å²) in [6.07, 6.45) is 7.45. The average molecular weight is 330 g/mol. The number of fused-ring (bicyclic) bond motifs is 1. The normalized spacial score (nSPS) is 18.4. The second-order valence-electron chi connectivity index (χ2n) is 5.33. The van der Waals surface area contributed by atoms with Crippen LogP contribution in [0, 0.1) is 5.92 Å². The highest BCUT2D eigenvalue weighted by molar-refractivity contribution is 9.10. The highest BCUT2D eigenvalue weighted by atomic mass is 79.9. The number of pyridine rings is 1. The van der Waals surface area contributed by atoms with Crippen molar-refractivity contribution in [3.8, 4) is 0 Å². The van der Waals surface area contributed by atoms with Crippen molar-refractivity contribution < 1.29 is 4.79 Å². The van der Waals surface area contributed by atoms with Crippen molar-refractivity contribution in [1.29, 1.82) is 0 Å². The third-order valence-electron chi connectivity index (χ3n) is 3.90. The molecule has 0 saturated carbocycles. The first kappa shape index (κ1) is 13.5. The lowest BCUT2D eigenvalue weighted by Crippen LogP contribution is -2.16. The molecule has 1 unspecified atom stereocenters. The Labute approximate surface area is 127 Å². The van der Waals surface area contributed by atoms with E-state index in [1.807, 2.05) is 24.4 Å². The molecule has 0 fully saturated rings. The molecule has 1 aromatic heterocycles. The van der Waals surface area contributed by atoms with E-state index < -0.39 is 0 Å². The zero-order chi connectivity index (χ0) is 13.9. The van der Waals surface area contributed by atoms with Crippen molar-refractivity contribution in [2.24, 2.45) is 5.92 Å². The Bertz CT molecular complexity index is 638. The van der Waals surface area contributed by atoms with Crippen molar-refractivity contribution in [3.63, 3.8) is 0 Å². The first-order valence-electron chi connectivity index (χ1n) is 6.95. The molecule has 0 saturated heterocycles. The van der Waals surface area contributed by atoms with E-state index in [9.17, 15) is 4.79 Å². The van der Waals surface area contributed by atoms with Crippen LogP contribution in [-0.2, 0) is 12.8 Å². The number of benzene rings is 1. The fourth-order valence-electron chi connectivity index (χ4n) is 2.92. The highest BCUT2D eigenvalue weighted by Gasteiger charge is 2.25. The third kappa shape index (κ3) is 2.83. The van der Waals surface area contributed by atoms with Crippen molar-refractivity contribution >= 4 is 21.7 Å². The van der Waals surface area contributed by atoms with E-state index in [0.717, 1.165) is 41.3 Å². The predicted octanol–water partition coefficient (Wildman–Crippen LogP) is 4.22. The van der Waals surface area contributed by atoms with Crippen LogP contribution in [0.3, 0.4) is 0 Å². The van der Waals surface area contributed by atoms with Crippen molar-refractivity contribution in [2.75, 3.05) is 0 Å². The quantitative estimate of drug-likeness (QED) is 0.772. The Hall–Kier alpha value is -1.48. The fraction of sp³-hybridized carbons (Fsp3) is 0.294. The lowest BCUT2D eigenvalue weighted by atomic mass is 9.90. The highest BCUT2D eigenvalue weighted by Crippen LogP contribution is 2.27. The summed E-state index contributed by atoms with van der Waals surface area (Å²) in [6.45, 7) is 0. The molecule has 1 aromatic carbocycles. The van der Waals surface area contributed by atoms with Crippen molar-refractivity contribution in [1.82, 2.24) is 4.98 Å². The van der Waals surface area contributed by atoms with Gasteiger partial charge in [0.05, 0.1) is 0 Å². The number of Topliss-reactive ketones (excluding diaryl/α,β-unsaturated/α-hetero) is 1. The van der Waals surface area contributed by atoms with Gasteiger partial charge in [0, 0.05) is 28.3 Å². The Morgan fingerprint density at radius 1 is 1.25 bits per heavy atom. The average Bonchev–Trinajstić information content (AvgIpc) is 2.60. The van der Waals surface area contributed by atoms with Crippen molar-refractivity contribution in [3.05, 3.63) is 63.9 Å². The number of aryl methyl sites for hydroxylation is 1. The number of halogens is 1. The summed E-state index contributed by atoms with van der Waals surface area (Å²) in [6, 6.07) is 10.1. The maximum atomic E-state index is 12.7. The van der Waals surface area contributed by atoms with Gasteiger partial charge in [-0.1, -0.05) is 24.3 Å². The molecular weight excluding hydrogens is 314 g/mol. The Kier molecular flexibility index (Phi) is 3.97. The second-order valence-corrected chi connectivity index (χ2v) is 6.24. The molecule has 0 bridgehead atoms. The van der Waals surface area contributed by atoms with Crippen LogP contribution < -0.4 is 0 Å². The molecular formula is C17H16BrNO. The minimum Gasteiger partial charge on any atom is -0.294 e. The monoisotopic (exact) mass is 329 g/mol. The molecule has 102 valence electrons. The summed E-state index contributed by atoms with van der Waals surface area (Å²) in [5.74, 6) is 0.368. The summed E-state index contributed by atoms with van der Waals surface area (Å²) in [5.41, 5.74) is 3.24. The van der Waals surface area contributed by atoms with Crippen LogP contribution in [0.25, 0.3) is 0 Å².